The Morgan fingerprint density at radius 2 is 2.03 bits per heavy atom. The van der Waals surface area contributed by atoms with Gasteiger partial charge in [0.2, 0.25) is 11.8 Å². The summed E-state index contributed by atoms with van der Waals surface area (Å²) in [4.78, 5) is 33.8. The molecule has 31 heavy (non-hydrogen) atoms. The predicted molar refractivity (Wildman–Crippen MR) is 113 cm³/mol. The number of carbonyl (C=O) groups is 2. The van der Waals surface area contributed by atoms with Gasteiger partial charge in [0.1, 0.15) is 35.4 Å². The molecule has 9 nitrogen and oxygen atoms in total. The first-order valence-electron chi connectivity index (χ1n) is 10.2. The second-order valence-corrected chi connectivity index (χ2v) is 8.86. The van der Waals surface area contributed by atoms with Crippen molar-refractivity contribution in [3.63, 3.8) is 0 Å². The third-order valence-electron chi connectivity index (χ3n) is 5.19. The Morgan fingerprint density at radius 3 is 2.74 bits per heavy atom. The fourth-order valence-corrected chi connectivity index (χ4v) is 3.73. The van der Waals surface area contributed by atoms with Crippen LogP contribution in [0.15, 0.2) is 24.4 Å². The van der Waals surface area contributed by atoms with E-state index < -0.39 is 29.1 Å². The molecule has 1 unspecified atom stereocenters. The molecule has 3 heterocycles. The number of benzene rings is 1. The summed E-state index contributed by atoms with van der Waals surface area (Å²) in [5.74, 6) is 1.70. The molecule has 164 valence electrons. The van der Waals surface area contributed by atoms with Crippen molar-refractivity contribution in [3.05, 3.63) is 35.7 Å². The van der Waals surface area contributed by atoms with Crippen molar-refractivity contribution in [2.45, 2.75) is 58.1 Å². The second-order valence-electron chi connectivity index (χ2n) is 8.86. The highest BCUT2D eigenvalue weighted by molar-refractivity contribution is 5.95. The highest BCUT2D eigenvalue weighted by Crippen LogP contribution is 2.53. The van der Waals surface area contributed by atoms with Crippen LogP contribution >= 0.6 is 0 Å². The Labute approximate surface area is 180 Å². The molecule has 2 aromatic rings. The number of nitrogens with one attached hydrogen (secondary N) is 2. The average Bonchev–Trinajstić information content (AvgIpc) is 3.05. The number of alkyl carbamates (subject to hydrolysis) is 1. The maximum Gasteiger partial charge on any atom is 0.408 e. The standard InChI is InChI=1S/C22H26N4O5/c1-6-12(24-20(28)31-21(2,3)4)18(27)26-15-10-23-19-17(25-15)22(5)11-29-13-8-7-9-14(30-19)16(13)22/h7-10,12H,6,11H2,1-5H3,(H,24,28)(H,25,26,27)/t12-,22?/m1/s1. The maximum absolute atomic E-state index is 12.7. The zero-order chi connectivity index (χ0) is 22.4. The van der Waals surface area contributed by atoms with Crippen LogP contribution in [0, 0.1) is 0 Å². The van der Waals surface area contributed by atoms with E-state index >= 15 is 0 Å². The van der Waals surface area contributed by atoms with Crippen LogP contribution in [0.25, 0.3) is 0 Å². The predicted octanol–water partition coefficient (Wildman–Crippen LogP) is 3.52. The first kappa shape index (κ1) is 20.9. The van der Waals surface area contributed by atoms with Gasteiger partial charge in [0.15, 0.2) is 5.82 Å². The lowest BCUT2D eigenvalue weighted by Gasteiger charge is -2.30. The summed E-state index contributed by atoms with van der Waals surface area (Å²) in [6, 6.07) is 4.86. The minimum atomic E-state index is -0.776. The molecule has 0 aliphatic carbocycles. The van der Waals surface area contributed by atoms with Crippen LogP contribution in [-0.2, 0) is 14.9 Å². The summed E-state index contributed by atoms with van der Waals surface area (Å²) in [5, 5.41) is 5.32. The number of carbonyl (C=O) groups excluding carboxylic acids is 2. The molecule has 4 rings (SSSR count). The normalized spacial score (nSPS) is 19.3. The molecule has 1 aromatic carbocycles. The van der Waals surface area contributed by atoms with Gasteiger partial charge in [-0.3, -0.25) is 4.79 Å². The first-order valence-corrected chi connectivity index (χ1v) is 10.2. The van der Waals surface area contributed by atoms with Gasteiger partial charge in [0, 0.05) is 0 Å². The molecule has 0 saturated carbocycles. The third kappa shape index (κ3) is 3.87. The molecule has 0 spiro atoms. The van der Waals surface area contributed by atoms with Gasteiger partial charge in [-0.05, 0) is 46.2 Å². The van der Waals surface area contributed by atoms with Gasteiger partial charge in [-0.25, -0.2) is 14.8 Å². The van der Waals surface area contributed by atoms with Crippen molar-refractivity contribution in [2.75, 3.05) is 11.9 Å². The molecule has 9 heteroatoms. The topological polar surface area (TPSA) is 112 Å². The maximum atomic E-state index is 12.7. The lowest BCUT2D eigenvalue weighted by molar-refractivity contribution is -0.118. The van der Waals surface area contributed by atoms with E-state index in [9.17, 15) is 9.59 Å². The highest BCUT2D eigenvalue weighted by Gasteiger charge is 2.47. The van der Waals surface area contributed by atoms with E-state index in [0.717, 1.165) is 11.3 Å². The summed E-state index contributed by atoms with van der Waals surface area (Å²) in [6.45, 7) is 9.49. The largest absolute Gasteiger partial charge is 0.492 e. The number of rotatable bonds is 4. The Hall–Kier alpha value is -3.36. The third-order valence-corrected chi connectivity index (χ3v) is 5.19. The van der Waals surface area contributed by atoms with Crippen molar-refractivity contribution < 1.29 is 23.8 Å². The molecule has 2 atom stereocenters. The van der Waals surface area contributed by atoms with Gasteiger partial charge in [-0.1, -0.05) is 13.0 Å². The van der Waals surface area contributed by atoms with E-state index in [-0.39, 0.29) is 5.82 Å². The van der Waals surface area contributed by atoms with Crippen molar-refractivity contribution in [1.82, 2.24) is 15.3 Å². The van der Waals surface area contributed by atoms with Crippen LogP contribution in [0.4, 0.5) is 10.6 Å². The molecule has 0 radical (unpaired) electrons. The van der Waals surface area contributed by atoms with Crippen LogP contribution < -0.4 is 20.1 Å². The molecular weight excluding hydrogens is 400 g/mol. The molecule has 0 fully saturated rings. The number of aromatic nitrogens is 2. The molecule has 0 bridgehead atoms. The Morgan fingerprint density at radius 1 is 1.29 bits per heavy atom. The number of hydrogen-bond donors (Lipinski definition) is 2. The van der Waals surface area contributed by atoms with Gasteiger partial charge < -0.3 is 24.8 Å². The van der Waals surface area contributed by atoms with Crippen LogP contribution in [0.1, 0.15) is 52.3 Å². The number of ether oxygens (including phenoxy) is 3. The molecule has 0 saturated heterocycles. The van der Waals surface area contributed by atoms with Crippen LogP contribution in [0.2, 0.25) is 0 Å². The van der Waals surface area contributed by atoms with E-state index in [4.69, 9.17) is 14.2 Å². The van der Waals surface area contributed by atoms with Gasteiger partial charge in [0.25, 0.3) is 0 Å². The van der Waals surface area contributed by atoms with Gasteiger partial charge in [-0.15, -0.1) is 0 Å². The molecule has 2 aliphatic rings. The number of fused-ring (bicyclic) bond motifs is 2. The molecule has 1 aromatic heterocycles. The van der Waals surface area contributed by atoms with Gasteiger partial charge in [-0.2, -0.15) is 0 Å². The second kappa shape index (κ2) is 7.40. The summed E-state index contributed by atoms with van der Waals surface area (Å²) in [5.41, 5.74) is 0.331. The SMILES string of the molecule is CC[C@@H](NC(=O)OC(C)(C)C)C(=O)Nc1cnc2c(n1)C1(C)COc3cccc(c31)O2. The summed E-state index contributed by atoms with van der Waals surface area (Å²) in [6.07, 6.45) is 1.17. The summed E-state index contributed by atoms with van der Waals surface area (Å²) in [7, 11) is 0. The Kier molecular flexibility index (Phi) is 4.99. The van der Waals surface area contributed by atoms with E-state index in [1.807, 2.05) is 25.1 Å². The van der Waals surface area contributed by atoms with E-state index in [1.54, 1.807) is 27.7 Å². The van der Waals surface area contributed by atoms with Crippen molar-refractivity contribution in [2.24, 2.45) is 0 Å². The highest BCUT2D eigenvalue weighted by atomic mass is 16.6. The van der Waals surface area contributed by atoms with Gasteiger partial charge in [0.05, 0.1) is 17.2 Å². The average molecular weight is 426 g/mol. The quantitative estimate of drug-likeness (QED) is 0.769. The zero-order valence-electron chi connectivity index (χ0n) is 18.2. The fourth-order valence-electron chi connectivity index (χ4n) is 3.73. The number of nitrogens with zero attached hydrogens (tertiary/aromatic N) is 2. The number of hydrogen-bond acceptors (Lipinski definition) is 7. The molecule has 2 aliphatic heterocycles. The first-order chi connectivity index (χ1) is 14.6. The zero-order valence-corrected chi connectivity index (χ0v) is 18.2. The Balaban J connectivity index is 1.53. The van der Waals surface area contributed by atoms with Crippen LogP contribution in [-0.4, -0.2) is 40.2 Å². The molecular formula is C22H26N4O5. The molecule has 2 amide bonds. The molecule has 2 N–H and O–H groups in total. The van der Waals surface area contributed by atoms with Crippen LogP contribution in [0.5, 0.6) is 17.4 Å². The minimum absolute atomic E-state index is 0.269. The van der Waals surface area contributed by atoms with E-state index in [1.165, 1.54) is 6.20 Å². The summed E-state index contributed by atoms with van der Waals surface area (Å²) >= 11 is 0. The van der Waals surface area contributed by atoms with Crippen molar-refractivity contribution in [1.29, 1.82) is 0 Å². The van der Waals surface area contributed by atoms with Gasteiger partial charge >= 0.3 is 6.09 Å². The fraction of sp³-hybridized carbons (Fsp3) is 0.455. The Bertz CT molecular complexity index is 1050. The van der Waals surface area contributed by atoms with Crippen LogP contribution in [0.3, 0.4) is 0 Å². The summed E-state index contributed by atoms with van der Waals surface area (Å²) < 4.78 is 17.0. The van der Waals surface area contributed by atoms with Crippen molar-refractivity contribution >= 4 is 17.8 Å². The van der Waals surface area contributed by atoms with E-state index in [0.29, 0.717) is 30.4 Å². The number of amides is 2. The van der Waals surface area contributed by atoms with Crippen molar-refractivity contribution in [3.8, 4) is 17.4 Å². The number of anilines is 1. The lowest BCUT2D eigenvalue weighted by atomic mass is 9.79. The van der Waals surface area contributed by atoms with E-state index in [2.05, 4.69) is 20.6 Å². The lowest BCUT2D eigenvalue weighted by Crippen LogP contribution is -2.45. The smallest absolute Gasteiger partial charge is 0.408 e. The monoisotopic (exact) mass is 426 g/mol. The minimum Gasteiger partial charge on any atom is -0.492 e.